The van der Waals surface area contributed by atoms with E-state index in [0.29, 0.717) is 15.8 Å². The van der Waals surface area contributed by atoms with E-state index in [1.807, 2.05) is 0 Å². The van der Waals surface area contributed by atoms with E-state index in [1.165, 1.54) is 47.1 Å². The molecule has 1 N–H and O–H groups in total. The van der Waals surface area contributed by atoms with E-state index in [1.54, 1.807) is 12.3 Å². The summed E-state index contributed by atoms with van der Waals surface area (Å²) < 4.78 is 34.1. The Morgan fingerprint density at radius 3 is 2.70 bits per heavy atom. The molecule has 30 heavy (non-hydrogen) atoms. The van der Waals surface area contributed by atoms with Crippen LogP contribution in [0.25, 0.3) is 11.3 Å². The minimum atomic E-state index is -0.554. The molecule has 152 valence electrons. The van der Waals surface area contributed by atoms with Crippen molar-refractivity contribution in [1.82, 2.24) is 14.9 Å². The van der Waals surface area contributed by atoms with Crippen LogP contribution in [0.1, 0.15) is 16.1 Å². The van der Waals surface area contributed by atoms with E-state index in [-0.39, 0.29) is 34.5 Å². The lowest BCUT2D eigenvalue weighted by Gasteiger charge is -2.05. The largest absolute Gasteiger partial charge is 0.355 e. The molecule has 2 aromatic heterocycles. The maximum Gasteiger partial charge on any atom is 0.279 e. The molecule has 0 aliphatic carbocycles. The number of rotatable bonds is 5. The van der Waals surface area contributed by atoms with Crippen LogP contribution in [0.2, 0.25) is 5.02 Å². The first-order chi connectivity index (χ1) is 14.4. The zero-order valence-corrected chi connectivity index (χ0v) is 17.4. The van der Waals surface area contributed by atoms with E-state index >= 15 is 0 Å². The topological polar surface area (TPSA) is 73.0 Å². The third-order valence-corrected chi connectivity index (χ3v) is 5.14. The third kappa shape index (κ3) is 4.27. The maximum absolute atomic E-state index is 14.0. The van der Waals surface area contributed by atoms with Gasteiger partial charge in [-0.05, 0) is 52.3 Å². The van der Waals surface area contributed by atoms with Gasteiger partial charge in [0.25, 0.3) is 5.91 Å². The van der Waals surface area contributed by atoms with Crippen molar-refractivity contribution in [2.75, 3.05) is 5.32 Å². The molecule has 0 saturated heterocycles. The molecule has 0 spiro atoms. The van der Waals surface area contributed by atoms with Gasteiger partial charge >= 0.3 is 0 Å². The summed E-state index contributed by atoms with van der Waals surface area (Å²) in [6.45, 7) is 0.0820. The molecular weight excluding hydrogens is 482 g/mol. The van der Waals surface area contributed by atoms with Gasteiger partial charge in [-0.25, -0.2) is 8.78 Å². The summed E-state index contributed by atoms with van der Waals surface area (Å²) >= 11 is 9.36. The van der Waals surface area contributed by atoms with E-state index in [4.69, 9.17) is 16.1 Å². The van der Waals surface area contributed by atoms with Gasteiger partial charge in [0.2, 0.25) is 0 Å². The predicted octanol–water partition coefficient (Wildman–Crippen LogP) is 5.53. The number of amides is 1. The number of anilines is 1. The molecule has 0 fully saturated rings. The van der Waals surface area contributed by atoms with Crippen LogP contribution >= 0.6 is 27.5 Å². The summed E-state index contributed by atoms with van der Waals surface area (Å²) in [6, 6.07) is 11.5. The highest BCUT2D eigenvalue weighted by atomic mass is 79.9. The van der Waals surface area contributed by atoms with Gasteiger partial charge in [0.15, 0.2) is 17.3 Å². The quantitative estimate of drug-likeness (QED) is 0.397. The number of nitrogens with zero attached hydrogens (tertiary/aromatic N) is 3. The van der Waals surface area contributed by atoms with Crippen molar-refractivity contribution in [1.29, 1.82) is 0 Å². The van der Waals surface area contributed by atoms with Crippen LogP contribution in [0, 0.1) is 11.6 Å². The lowest BCUT2D eigenvalue weighted by Crippen LogP contribution is -2.13. The Labute approximate surface area is 182 Å². The molecule has 10 heteroatoms. The van der Waals surface area contributed by atoms with Crippen molar-refractivity contribution in [2.45, 2.75) is 6.54 Å². The Hall–Kier alpha value is -3.04. The van der Waals surface area contributed by atoms with Crippen LogP contribution in [0.15, 0.2) is 63.7 Å². The lowest BCUT2D eigenvalue weighted by atomic mass is 10.1. The summed E-state index contributed by atoms with van der Waals surface area (Å²) in [5.41, 5.74) is 0.885. The fourth-order valence-corrected chi connectivity index (χ4v) is 3.35. The average Bonchev–Trinajstić information content (AvgIpc) is 3.33. The van der Waals surface area contributed by atoms with Crippen LogP contribution in [-0.4, -0.2) is 20.8 Å². The second kappa shape index (κ2) is 8.37. The first-order valence-corrected chi connectivity index (χ1v) is 9.77. The standard InChI is InChI=1S/C20H12BrClF2N4O2/c21-14-10-28(9-13-15(22)2-1-3-16(13)24)26-19(14)25-20(29)17-8-18(30-27-17)11-4-6-12(23)7-5-11/h1-8,10H,9H2,(H,25,26,29). The zero-order valence-electron chi connectivity index (χ0n) is 15.1. The smallest absolute Gasteiger partial charge is 0.279 e. The summed E-state index contributed by atoms with van der Waals surface area (Å²) in [5, 5.41) is 10.9. The number of aromatic nitrogens is 3. The average molecular weight is 494 g/mol. The monoisotopic (exact) mass is 492 g/mol. The molecule has 0 radical (unpaired) electrons. The minimum Gasteiger partial charge on any atom is -0.355 e. The van der Waals surface area contributed by atoms with E-state index in [2.05, 4.69) is 31.5 Å². The van der Waals surface area contributed by atoms with Crippen molar-refractivity contribution in [2.24, 2.45) is 0 Å². The number of benzene rings is 2. The normalized spacial score (nSPS) is 10.9. The number of carbonyl (C=O) groups is 1. The number of hydrogen-bond acceptors (Lipinski definition) is 4. The molecule has 0 bridgehead atoms. The molecule has 0 unspecified atom stereocenters. The molecule has 4 rings (SSSR count). The molecule has 4 aromatic rings. The Kier molecular flexibility index (Phi) is 5.65. The number of carbonyl (C=O) groups excluding carboxylic acids is 1. The summed E-state index contributed by atoms with van der Waals surface area (Å²) in [7, 11) is 0. The van der Waals surface area contributed by atoms with Gasteiger partial charge in [-0.2, -0.15) is 5.10 Å². The number of nitrogens with one attached hydrogen (secondary N) is 1. The van der Waals surface area contributed by atoms with Gasteiger partial charge in [0, 0.05) is 28.4 Å². The summed E-state index contributed by atoms with van der Waals surface area (Å²) in [5.74, 6) is -0.844. The van der Waals surface area contributed by atoms with Gasteiger partial charge in [-0.3, -0.25) is 9.48 Å². The van der Waals surface area contributed by atoms with Crippen molar-refractivity contribution in [3.05, 3.63) is 87.1 Å². The van der Waals surface area contributed by atoms with Crippen molar-refractivity contribution in [3.8, 4) is 11.3 Å². The lowest BCUT2D eigenvalue weighted by molar-refractivity contribution is 0.101. The second-order valence-corrected chi connectivity index (χ2v) is 7.52. The van der Waals surface area contributed by atoms with Crippen LogP contribution < -0.4 is 5.32 Å². The van der Waals surface area contributed by atoms with E-state index in [0.717, 1.165) is 0 Å². The fraction of sp³-hybridized carbons (Fsp3) is 0.0500. The highest BCUT2D eigenvalue weighted by Crippen LogP contribution is 2.25. The van der Waals surface area contributed by atoms with Gasteiger partial charge in [0.05, 0.1) is 11.0 Å². The Morgan fingerprint density at radius 1 is 1.20 bits per heavy atom. The predicted molar refractivity (Wildman–Crippen MR) is 110 cm³/mol. The molecule has 1 amide bonds. The first kappa shape index (κ1) is 20.2. The highest BCUT2D eigenvalue weighted by molar-refractivity contribution is 9.10. The van der Waals surface area contributed by atoms with Crippen LogP contribution in [0.3, 0.4) is 0 Å². The second-order valence-electron chi connectivity index (χ2n) is 6.26. The number of hydrogen-bond donors (Lipinski definition) is 1. The van der Waals surface area contributed by atoms with Gasteiger partial charge < -0.3 is 9.84 Å². The van der Waals surface area contributed by atoms with Gasteiger partial charge in [0.1, 0.15) is 11.6 Å². The Bertz CT molecular complexity index is 1200. The Balaban J connectivity index is 1.50. The van der Waals surface area contributed by atoms with E-state index in [9.17, 15) is 13.6 Å². The van der Waals surface area contributed by atoms with Crippen molar-refractivity contribution in [3.63, 3.8) is 0 Å². The van der Waals surface area contributed by atoms with Gasteiger partial charge in [-0.15, -0.1) is 0 Å². The minimum absolute atomic E-state index is 0.0212. The third-order valence-electron chi connectivity index (χ3n) is 4.20. The maximum atomic E-state index is 14.0. The summed E-state index contributed by atoms with van der Waals surface area (Å²) in [6.07, 6.45) is 1.59. The molecule has 0 saturated carbocycles. The molecule has 0 atom stereocenters. The summed E-state index contributed by atoms with van der Waals surface area (Å²) in [4.78, 5) is 12.5. The van der Waals surface area contributed by atoms with Crippen LogP contribution in [-0.2, 0) is 6.54 Å². The SMILES string of the molecule is O=C(Nc1nn(Cc2c(F)cccc2Cl)cc1Br)c1cc(-c2ccc(F)cc2)on1. The molecule has 0 aliphatic rings. The first-order valence-electron chi connectivity index (χ1n) is 8.60. The number of halogens is 4. The fourth-order valence-electron chi connectivity index (χ4n) is 2.71. The molecule has 0 aliphatic heterocycles. The molecule has 2 heterocycles. The van der Waals surface area contributed by atoms with Crippen molar-refractivity contribution >= 4 is 39.3 Å². The van der Waals surface area contributed by atoms with Crippen LogP contribution in [0.4, 0.5) is 14.6 Å². The van der Waals surface area contributed by atoms with Crippen LogP contribution in [0.5, 0.6) is 0 Å². The van der Waals surface area contributed by atoms with E-state index < -0.39 is 11.7 Å². The zero-order chi connectivity index (χ0) is 21.3. The molecular formula is C20H12BrClF2N4O2. The van der Waals surface area contributed by atoms with Gasteiger partial charge in [-0.1, -0.05) is 22.8 Å². The van der Waals surface area contributed by atoms with Crippen molar-refractivity contribution < 1.29 is 18.1 Å². The molecule has 2 aromatic carbocycles. The highest BCUT2D eigenvalue weighted by Gasteiger charge is 2.18. The Morgan fingerprint density at radius 2 is 1.97 bits per heavy atom. The molecule has 6 nitrogen and oxygen atoms in total.